The number of imidazole rings is 1. The van der Waals surface area contributed by atoms with E-state index >= 15 is 0 Å². The molecular formula is C16H24N4O. The van der Waals surface area contributed by atoms with Crippen molar-refractivity contribution in [2.75, 3.05) is 13.2 Å². The van der Waals surface area contributed by atoms with Crippen molar-refractivity contribution in [1.82, 2.24) is 19.5 Å². The van der Waals surface area contributed by atoms with E-state index in [4.69, 9.17) is 4.74 Å². The molecule has 2 rings (SSSR count). The number of nitrogens with zero attached hydrogens (tertiary/aromatic N) is 4. The van der Waals surface area contributed by atoms with Crippen molar-refractivity contribution >= 4 is 0 Å². The lowest BCUT2D eigenvalue weighted by Gasteiger charge is -2.08. The van der Waals surface area contributed by atoms with Crippen molar-refractivity contribution in [3.8, 4) is 0 Å². The fourth-order valence-corrected chi connectivity index (χ4v) is 2.29. The van der Waals surface area contributed by atoms with Gasteiger partial charge < -0.3 is 9.30 Å². The van der Waals surface area contributed by atoms with Gasteiger partial charge in [-0.1, -0.05) is 6.92 Å². The molecule has 0 aliphatic carbocycles. The summed E-state index contributed by atoms with van der Waals surface area (Å²) in [6.07, 6.45) is 11.5. The summed E-state index contributed by atoms with van der Waals surface area (Å²) in [4.78, 5) is 12.6. The third-order valence-corrected chi connectivity index (χ3v) is 3.50. The van der Waals surface area contributed by atoms with Crippen LogP contribution in [-0.2, 0) is 24.1 Å². The minimum atomic E-state index is 0.733. The maximum atomic E-state index is 5.71. The number of hydrogen-bond acceptors (Lipinski definition) is 4. The van der Waals surface area contributed by atoms with Crippen molar-refractivity contribution in [1.29, 1.82) is 0 Å². The fraction of sp³-hybridized carbons (Fsp3) is 0.562. The molecule has 0 saturated heterocycles. The lowest BCUT2D eigenvalue weighted by molar-refractivity contribution is 0.123. The van der Waals surface area contributed by atoms with Gasteiger partial charge >= 0.3 is 0 Å². The van der Waals surface area contributed by atoms with Gasteiger partial charge in [-0.05, 0) is 31.7 Å². The number of rotatable bonds is 9. The molecule has 0 radical (unpaired) electrons. The van der Waals surface area contributed by atoms with Gasteiger partial charge in [0.05, 0.1) is 6.61 Å². The van der Waals surface area contributed by atoms with E-state index in [1.54, 1.807) is 6.33 Å². The van der Waals surface area contributed by atoms with E-state index < -0.39 is 0 Å². The Morgan fingerprint density at radius 2 is 2.10 bits per heavy atom. The Hall–Kier alpha value is -1.75. The average Bonchev–Trinajstić information content (AvgIpc) is 2.92. The van der Waals surface area contributed by atoms with Gasteiger partial charge in [0.25, 0.3) is 0 Å². The Morgan fingerprint density at radius 3 is 2.90 bits per heavy atom. The third-order valence-electron chi connectivity index (χ3n) is 3.50. The minimum Gasteiger partial charge on any atom is -0.380 e. The second-order valence-corrected chi connectivity index (χ2v) is 5.14. The predicted octanol–water partition coefficient (Wildman–Crippen LogP) is 2.58. The van der Waals surface area contributed by atoms with Gasteiger partial charge in [-0.2, -0.15) is 0 Å². The fourth-order valence-electron chi connectivity index (χ4n) is 2.29. The van der Waals surface area contributed by atoms with Crippen LogP contribution in [0.5, 0.6) is 0 Å². The van der Waals surface area contributed by atoms with E-state index in [-0.39, 0.29) is 0 Å². The second-order valence-electron chi connectivity index (χ2n) is 5.14. The molecule has 114 valence electrons. The Bertz CT molecular complexity index is 539. The minimum absolute atomic E-state index is 0.733. The quantitative estimate of drug-likeness (QED) is 0.666. The van der Waals surface area contributed by atoms with Crippen LogP contribution in [0, 0.1) is 6.92 Å². The first-order valence-corrected chi connectivity index (χ1v) is 7.64. The first-order chi connectivity index (χ1) is 10.3. The van der Waals surface area contributed by atoms with Crippen LogP contribution in [0.1, 0.15) is 36.8 Å². The van der Waals surface area contributed by atoms with Crippen LogP contribution in [0.4, 0.5) is 0 Å². The lowest BCUT2D eigenvalue weighted by atomic mass is 10.1. The molecule has 2 heterocycles. The molecule has 0 amide bonds. The first-order valence-electron chi connectivity index (χ1n) is 7.64. The lowest BCUT2D eigenvalue weighted by Crippen LogP contribution is -2.09. The molecule has 2 aromatic rings. The predicted molar refractivity (Wildman–Crippen MR) is 82.1 cm³/mol. The van der Waals surface area contributed by atoms with Crippen LogP contribution in [0.25, 0.3) is 0 Å². The molecular weight excluding hydrogens is 264 g/mol. The normalized spacial score (nSPS) is 11.0. The summed E-state index contributed by atoms with van der Waals surface area (Å²) in [6.45, 7) is 6.57. The Morgan fingerprint density at radius 1 is 1.19 bits per heavy atom. The molecule has 0 aliphatic heterocycles. The van der Waals surface area contributed by atoms with Crippen LogP contribution in [0.2, 0.25) is 0 Å². The summed E-state index contributed by atoms with van der Waals surface area (Å²) in [5.74, 6) is 1.15. The van der Waals surface area contributed by atoms with Gasteiger partial charge in [-0.3, -0.25) is 0 Å². The number of ether oxygens (including phenoxy) is 1. The molecule has 0 atom stereocenters. The first kappa shape index (κ1) is 15.6. The van der Waals surface area contributed by atoms with Crippen molar-refractivity contribution < 1.29 is 4.74 Å². The Balaban J connectivity index is 1.62. The molecule has 0 fully saturated rings. The highest BCUT2D eigenvalue weighted by molar-refractivity contribution is 5.13. The summed E-state index contributed by atoms with van der Waals surface area (Å²) in [6, 6.07) is 0. The van der Waals surface area contributed by atoms with Crippen molar-refractivity contribution in [3.05, 3.63) is 42.0 Å². The molecule has 0 unspecified atom stereocenters. The van der Waals surface area contributed by atoms with Crippen molar-refractivity contribution in [2.24, 2.45) is 0 Å². The highest BCUT2D eigenvalue weighted by atomic mass is 16.5. The summed E-state index contributed by atoms with van der Waals surface area (Å²) >= 11 is 0. The molecule has 5 heteroatoms. The Labute approximate surface area is 126 Å². The second kappa shape index (κ2) is 8.52. The van der Waals surface area contributed by atoms with E-state index in [1.807, 2.05) is 25.5 Å². The summed E-state index contributed by atoms with van der Waals surface area (Å²) in [7, 11) is 0. The van der Waals surface area contributed by atoms with E-state index in [0.29, 0.717) is 0 Å². The molecule has 0 N–H and O–H groups in total. The maximum Gasteiger partial charge on any atom is 0.115 e. The smallest absolute Gasteiger partial charge is 0.115 e. The maximum absolute atomic E-state index is 5.71. The standard InChI is InChI=1S/C16H24N4O/c1-3-5-16-18-7-8-20(16)9-11-21-10-4-6-15-12-17-13-19-14(15)2/h7-8,12-13H,3-6,9-11H2,1-2H3. The average molecular weight is 288 g/mol. The van der Waals surface area contributed by atoms with E-state index in [9.17, 15) is 0 Å². The van der Waals surface area contributed by atoms with Crippen LogP contribution < -0.4 is 0 Å². The highest BCUT2D eigenvalue weighted by Gasteiger charge is 2.02. The highest BCUT2D eigenvalue weighted by Crippen LogP contribution is 2.05. The van der Waals surface area contributed by atoms with Gasteiger partial charge in [0, 0.05) is 43.9 Å². The van der Waals surface area contributed by atoms with E-state index in [0.717, 1.165) is 57.0 Å². The molecule has 0 spiro atoms. The van der Waals surface area contributed by atoms with E-state index in [2.05, 4.69) is 26.4 Å². The zero-order chi connectivity index (χ0) is 14.9. The zero-order valence-corrected chi connectivity index (χ0v) is 13.0. The van der Waals surface area contributed by atoms with Gasteiger partial charge in [0.2, 0.25) is 0 Å². The molecule has 0 aromatic carbocycles. The van der Waals surface area contributed by atoms with Crippen LogP contribution in [0.3, 0.4) is 0 Å². The van der Waals surface area contributed by atoms with Crippen LogP contribution >= 0.6 is 0 Å². The molecule has 21 heavy (non-hydrogen) atoms. The summed E-state index contributed by atoms with van der Waals surface area (Å²) in [5.41, 5.74) is 2.27. The molecule has 0 saturated carbocycles. The van der Waals surface area contributed by atoms with Crippen molar-refractivity contribution in [3.63, 3.8) is 0 Å². The summed E-state index contributed by atoms with van der Waals surface area (Å²) < 4.78 is 7.89. The van der Waals surface area contributed by atoms with Crippen LogP contribution in [-0.4, -0.2) is 32.7 Å². The number of aryl methyl sites for hydroxylation is 3. The summed E-state index contributed by atoms with van der Waals surface area (Å²) in [5, 5.41) is 0. The van der Waals surface area contributed by atoms with Crippen molar-refractivity contribution in [2.45, 2.75) is 46.1 Å². The monoisotopic (exact) mass is 288 g/mol. The number of hydrogen-bond donors (Lipinski definition) is 0. The molecule has 0 aliphatic rings. The van der Waals surface area contributed by atoms with Gasteiger partial charge in [0.1, 0.15) is 12.2 Å². The molecule has 2 aromatic heterocycles. The van der Waals surface area contributed by atoms with Gasteiger partial charge in [0.15, 0.2) is 0 Å². The van der Waals surface area contributed by atoms with Gasteiger partial charge in [-0.15, -0.1) is 0 Å². The third kappa shape index (κ3) is 4.93. The topological polar surface area (TPSA) is 52.8 Å². The van der Waals surface area contributed by atoms with Gasteiger partial charge in [-0.25, -0.2) is 15.0 Å². The number of aromatic nitrogens is 4. The molecule has 0 bridgehead atoms. The van der Waals surface area contributed by atoms with E-state index in [1.165, 1.54) is 5.56 Å². The molecule has 5 nitrogen and oxygen atoms in total. The zero-order valence-electron chi connectivity index (χ0n) is 13.0. The Kier molecular flexibility index (Phi) is 6.34. The SMILES string of the molecule is CCCc1nccn1CCOCCCc1cncnc1C. The van der Waals surface area contributed by atoms with Crippen LogP contribution in [0.15, 0.2) is 24.9 Å². The largest absolute Gasteiger partial charge is 0.380 e.